The van der Waals surface area contributed by atoms with E-state index in [-0.39, 0.29) is 0 Å². The van der Waals surface area contributed by atoms with Crippen LogP contribution in [0.5, 0.6) is 0 Å². The largest absolute Gasteiger partial charge is 0.309 e. The zero-order chi connectivity index (χ0) is 31.2. The molecule has 0 aliphatic heterocycles. The molecule has 0 unspecified atom stereocenters. The normalized spacial score (nSPS) is 12.5. The molecule has 0 aliphatic rings. The molecule has 0 spiro atoms. The van der Waals surface area contributed by atoms with E-state index in [0.29, 0.717) is 11.5 Å². The van der Waals surface area contributed by atoms with Crippen LogP contribution < -0.4 is 0 Å². The summed E-state index contributed by atoms with van der Waals surface area (Å²) in [4.78, 5) is 10.2. The van der Waals surface area contributed by atoms with E-state index in [1.807, 2.05) is 60.7 Å². The van der Waals surface area contributed by atoms with Crippen LogP contribution in [0.2, 0.25) is 0 Å². The maximum Gasteiger partial charge on any atom is 0.161 e. The van der Waals surface area contributed by atoms with Gasteiger partial charge in [0.15, 0.2) is 5.84 Å². The fourth-order valence-electron chi connectivity index (χ4n) is 6.57. The first-order valence-electron chi connectivity index (χ1n) is 15.5. The van der Waals surface area contributed by atoms with Gasteiger partial charge in [0.2, 0.25) is 0 Å². The van der Waals surface area contributed by atoms with Crippen LogP contribution in [0.3, 0.4) is 0 Å². The third-order valence-electron chi connectivity index (χ3n) is 8.70. The highest BCUT2D eigenvalue weighted by atomic mass is 15.1. The zero-order valence-corrected chi connectivity index (χ0v) is 25.9. The Morgan fingerprint density at radius 2 is 1.13 bits per heavy atom. The molecule has 0 radical (unpaired) electrons. The van der Waals surface area contributed by atoms with Gasteiger partial charge in [-0.1, -0.05) is 115 Å². The summed E-state index contributed by atoms with van der Waals surface area (Å²) in [5.74, 6) is 1.45. The van der Waals surface area contributed by atoms with Gasteiger partial charge < -0.3 is 4.57 Å². The lowest BCUT2D eigenvalue weighted by atomic mass is 10.1. The van der Waals surface area contributed by atoms with Crippen LogP contribution in [0, 0.1) is 6.92 Å². The second-order valence-corrected chi connectivity index (χ2v) is 11.7. The van der Waals surface area contributed by atoms with Gasteiger partial charge in [-0.3, -0.25) is 4.57 Å². The van der Waals surface area contributed by atoms with Gasteiger partial charge in [-0.05, 0) is 61.9 Å². The number of hydrogen-bond acceptors (Lipinski definition) is 1. The van der Waals surface area contributed by atoms with Crippen molar-refractivity contribution in [3.8, 4) is 5.69 Å². The zero-order valence-electron chi connectivity index (χ0n) is 25.9. The van der Waals surface area contributed by atoms with Crippen molar-refractivity contribution in [2.75, 3.05) is 0 Å². The molecule has 0 amide bonds. The van der Waals surface area contributed by atoms with Crippen LogP contribution in [0.25, 0.3) is 55.0 Å². The molecule has 6 aromatic carbocycles. The van der Waals surface area contributed by atoms with Crippen molar-refractivity contribution < 1.29 is 0 Å². The Labute approximate surface area is 267 Å². The topological polar surface area (TPSA) is 34.6 Å². The number of rotatable bonds is 4. The van der Waals surface area contributed by atoms with Crippen LogP contribution in [-0.4, -0.2) is 20.8 Å². The minimum absolute atomic E-state index is 0.619. The molecule has 220 valence electrons. The molecule has 8 rings (SSSR count). The predicted molar refractivity (Wildman–Crippen MR) is 195 cm³/mol. The molecule has 0 N–H and O–H groups in total. The molecule has 0 bridgehead atoms. The number of amidine groups is 1. The lowest BCUT2D eigenvalue weighted by Crippen LogP contribution is -2.11. The van der Waals surface area contributed by atoms with Crippen LogP contribution in [-0.2, 0) is 0 Å². The van der Waals surface area contributed by atoms with Crippen molar-refractivity contribution in [3.05, 3.63) is 169 Å². The maximum atomic E-state index is 5.24. The van der Waals surface area contributed by atoms with E-state index in [0.717, 1.165) is 39.2 Å². The second-order valence-electron chi connectivity index (χ2n) is 11.7. The molecular weight excluding hydrogens is 560 g/mol. The van der Waals surface area contributed by atoms with E-state index in [4.69, 9.17) is 9.98 Å². The summed E-state index contributed by atoms with van der Waals surface area (Å²) in [7, 11) is 0. The summed E-state index contributed by atoms with van der Waals surface area (Å²) in [5.41, 5.74) is 9.48. The Morgan fingerprint density at radius 1 is 0.522 bits per heavy atom. The molecule has 0 atom stereocenters. The molecular formula is C42H32N4. The Bertz CT molecular complexity index is 2480. The third-order valence-corrected chi connectivity index (χ3v) is 8.70. The molecule has 46 heavy (non-hydrogen) atoms. The van der Waals surface area contributed by atoms with Gasteiger partial charge >= 0.3 is 0 Å². The minimum atomic E-state index is 0.619. The van der Waals surface area contributed by atoms with Gasteiger partial charge in [-0.25, -0.2) is 9.98 Å². The van der Waals surface area contributed by atoms with Gasteiger partial charge in [0.1, 0.15) is 5.84 Å². The van der Waals surface area contributed by atoms with Crippen molar-refractivity contribution in [3.63, 3.8) is 0 Å². The van der Waals surface area contributed by atoms with Crippen molar-refractivity contribution in [2.24, 2.45) is 9.98 Å². The van der Waals surface area contributed by atoms with Gasteiger partial charge in [-0.15, -0.1) is 0 Å². The summed E-state index contributed by atoms with van der Waals surface area (Å²) >= 11 is 0. The van der Waals surface area contributed by atoms with E-state index in [9.17, 15) is 0 Å². The highest BCUT2D eigenvalue weighted by molar-refractivity contribution is 6.22. The number of aromatic nitrogens is 2. The van der Waals surface area contributed by atoms with Gasteiger partial charge in [0.05, 0.1) is 27.8 Å². The molecule has 0 saturated carbocycles. The Hall–Kier alpha value is -6.00. The van der Waals surface area contributed by atoms with Gasteiger partial charge in [-0.2, -0.15) is 0 Å². The van der Waals surface area contributed by atoms with Crippen LogP contribution >= 0.6 is 0 Å². The summed E-state index contributed by atoms with van der Waals surface area (Å²) in [6.07, 6.45) is 0. The SMILES string of the molecule is C=C(N=C(N=C(C)n1c2ccc(C)cc2c2cc3c4ccccc4n(-c4ccccc4)c3cc21)c1ccccc1)c1ccccc1. The smallest absolute Gasteiger partial charge is 0.161 e. The summed E-state index contributed by atoms with van der Waals surface area (Å²) in [5, 5.41) is 4.87. The fraction of sp³-hybridized carbons (Fsp3) is 0.0476. The molecule has 0 fully saturated rings. The van der Waals surface area contributed by atoms with Crippen LogP contribution in [0.15, 0.2) is 162 Å². The third kappa shape index (κ3) is 4.63. The monoisotopic (exact) mass is 592 g/mol. The Morgan fingerprint density at radius 3 is 1.87 bits per heavy atom. The van der Waals surface area contributed by atoms with E-state index < -0.39 is 0 Å². The van der Waals surface area contributed by atoms with Crippen LogP contribution in [0.1, 0.15) is 23.6 Å². The average Bonchev–Trinajstić information content (AvgIpc) is 3.59. The lowest BCUT2D eigenvalue weighted by molar-refractivity contribution is 1.18. The van der Waals surface area contributed by atoms with Crippen molar-refractivity contribution in [1.29, 1.82) is 0 Å². The number of hydrogen-bond donors (Lipinski definition) is 0. The van der Waals surface area contributed by atoms with Gasteiger partial charge in [0.25, 0.3) is 0 Å². The molecule has 8 aromatic rings. The quantitative estimate of drug-likeness (QED) is 0.144. The van der Waals surface area contributed by atoms with Crippen molar-refractivity contribution in [2.45, 2.75) is 13.8 Å². The Balaban J connectivity index is 1.42. The molecule has 0 aliphatic carbocycles. The highest BCUT2D eigenvalue weighted by Gasteiger charge is 2.19. The minimum Gasteiger partial charge on any atom is -0.309 e. The van der Waals surface area contributed by atoms with Crippen molar-refractivity contribution in [1.82, 2.24) is 9.13 Å². The average molecular weight is 593 g/mol. The summed E-state index contributed by atoms with van der Waals surface area (Å²) in [6, 6.07) is 50.8. The number of benzene rings is 6. The number of fused-ring (bicyclic) bond motifs is 6. The number of nitrogens with zero attached hydrogens (tertiary/aromatic N) is 4. The summed E-state index contributed by atoms with van der Waals surface area (Å²) in [6.45, 7) is 8.52. The first-order valence-corrected chi connectivity index (χ1v) is 15.5. The second kappa shape index (κ2) is 11.2. The highest BCUT2D eigenvalue weighted by Crippen LogP contribution is 2.38. The standard InChI is InChI=1S/C42H32N4/c1-28-23-24-39-35(25-28)37-26-36-34-21-13-14-22-38(34)46(33-19-11-6-12-20-33)41(36)27-40(37)45(39)30(3)44-42(32-17-9-5-10-18-32)43-29(2)31-15-7-4-8-16-31/h4-27H,2H2,1,3H3. The summed E-state index contributed by atoms with van der Waals surface area (Å²) < 4.78 is 4.64. The van der Waals surface area contributed by atoms with Crippen LogP contribution in [0.4, 0.5) is 0 Å². The first-order chi connectivity index (χ1) is 22.6. The number of aliphatic imine (C=N–C) groups is 2. The molecule has 0 saturated heterocycles. The number of aryl methyl sites for hydroxylation is 1. The molecule has 4 nitrogen and oxygen atoms in total. The molecule has 2 heterocycles. The van der Waals surface area contributed by atoms with Crippen molar-refractivity contribution >= 4 is 61.0 Å². The predicted octanol–water partition coefficient (Wildman–Crippen LogP) is 10.6. The van der Waals surface area contributed by atoms with Gasteiger partial charge in [0, 0.05) is 32.8 Å². The fourth-order valence-corrected chi connectivity index (χ4v) is 6.57. The molecule has 2 aromatic heterocycles. The van der Waals surface area contributed by atoms with E-state index >= 15 is 0 Å². The maximum absolute atomic E-state index is 5.24. The van der Waals surface area contributed by atoms with E-state index in [2.05, 4.69) is 114 Å². The first kappa shape index (κ1) is 27.5. The Kier molecular flexibility index (Phi) is 6.69. The van der Waals surface area contributed by atoms with E-state index in [1.54, 1.807) is 0 Å². The van der Waals surface area contributed by atoms with E-state index in [1.165, 1.54) is 32.6 Å². The number of para-hydroxylation sites is 2. The lowest BCUT2D eigenvalue weighted by Gasteiger charge is -2.11. The molecule has 4 heteroatoms.